The molecule has 0 atom stereocenters. The Morgan fingerprint density at radius 1 is 1.07 bits per heavy atom. The molecule has 2 rings (SSSR count). The SMILES string of the molecule is C=CCc1cc2ccc(OCCCCCCCCCCC)c(F)c2c(=O)o1. The van der Waals surface area contributed by atoms with Gasteiger partial charge in [-0.2, -0.15) is 0 Å². The van der Waals surface area contributed by atoms with Gasteiger partial charge in [-0.3, -0.25) is 0 Å². The first-order valence-electron chi connectivity index (χ1n) is 10.2. The van der Waals surface area contributed by atoms with Crippen LogP contribution < -0.4 is 10.4 Å². The predicted molar refractivity (Wildman–Crippen MR) is 109 cm³/mol. The lowest BCUT2D eigenvalue weighted by atomic mass is 10.1. The molecule has 0 aliphatic heterocycles. The van der Waals surface area contributed by atoms with E-state index in [0.29, 0.717) is 24.2 Å². The fraction of sp³-hybridized carbons (Fsp3) is 0.522. The number of allylic oxidation sites excluding steroid dienone is 1. The van der Waals surface area contributed by atoms with Crippen LogP contribution in [-0.4, -0.2) is 6.61 Å². The van der Waals surface area contributed by atoms with Crippen LogP contribution in [0.1, 0.15) is 70.5 Å². The highest BCUT2D eigenvalue weighted by molar-refractivity contribution is 5.83. The number of fused-ring (bicyclic) bond motifs is 1. The highest BCUT2D eigenvalue weighted by Crippen LogP contribution is 2.25. The lowest BCUT2D eigenvalue weighted by molar-refractivity contribution is 0.291. The van der Waals surface area contributed by atoms with Gasteiger partial charge in [0.25, 0.3) is 0 Å². The molecule has 0 amide bonds. The Labute approximate surface area is 161 Å². The Hall–Kier alpha value is -2.10. The average molecular weight is 374 g/mol. The fourth-order valence-corrected chi connectivity index (χ4v) is 3.22. The molecule has 0 bridgehead atoms. The van der Waals surface area contributed by atoms with Crippen molar-refractivity contribution in [2.24, 2.45) is 0 Å². The second-order valence-electron chi connectivity index (χ2n) is 7.01. The van der Waals surface area contributed by atoms with Gasteiger partial charge in [-0.25, -0.2) is 9.18 Å². The zero-order valence-corrected chi connectivity index (χ0v) is 16.4. The molecule has 0 aliphatic rings. The summed E-state index contributed by atoms with van der Waals surface area (Å²) in [4.78, 5) is 12.1. The molecule has 1 heterocycles. The van der Waals surface area contributed by atoms with Gasteiger partial charge in [0.05, 0.1) is 6.61 Å². The summed E-state index contributed by atoms with van der Waals surface area (Å²) in [5, 5.41) is 0.475. The summed E-state index contributed by atoms with van der Waals surface area (Å²) < 4.78 is 25.3. The number of rotatable bonds is 13. The van der Waals surface area contributed by atoms with E-state index < -0.39 is 11.4 Å². The number of hydrogen-bond acceptors (Lipinski definition) is 3. The van der Waals surface area contributed by atoms with Gasteiger partial charge in [0.15, 0.2) is 11.6 Å². The number of ether oxygens (including phenoxy) is 1. The predicted octanol–water partition coefficient (Wildman–Crippen LogP) is 6.57. The Kier molecular flexibility index (Phi) is 9.09. The molecule has 27 heavy (non-hydrogen) atoms. The maximum atomic E-state index is 14.6. The van der Waals surface area contributed by atoms with Crippen LogP contribution in [0.3, 0.4) is 0 Å². The Balaban J connectivity index is 1.81. The topological polar surface area (TPSA) is 39.4 Å². The normalized spacial score (nSPS) is 11.0. The third kappa shape index (κ3) is 6.53. The second kappa shape index (κ2) is 11.6. The number of benzene rings is 1. The Morgan fingerprint density at radius 3 is 2.41 bits per heavy atom. The minimum atomic E-state index is -0.671. The quantitative estimate of drug-likeness (QED) is 0.294. The maximum absolute atomic E-state index is 14.6. The number of hydrogen-bond donors (Lipinski definition) is 0. The molecule has 0 N–H and O–H groups in total. The van der Waals surface area contributed by atoms with Crippen molar-refractivity contribution in [1.82, 2.24) is 0 Å². The summed E-state index contributed by atoms with van der Waals surface area (Å²) >= 11 is 0. The van der Waals surface area contributed by atoms with Crippen molar-refractivity contribution >= 4 is 10.8 Å². The molecule has 1 aromatic carbocycles. The van der Waals surface area contributed by atoms with Gasteiger partial charge in [0.1, 0.15) is 11.1 Å². The van der Waals surface area contributed by atoms with Gasteiger partial charge in [-0.05, 0) is 23.9 Å². The van der Waals surface area contributed by atoms with Gasteiger partial charge in [-0.15, -0.1) is 6.58 Å². The van der Waals surface area contributed by atoms with E-state index in [1.807, 2.05) is 0 Å². The fourth-order valence-electron chi connectivity index (χ4n) is 3.22. The van der Waals surface area contributed by atoms with Crippen molar-refractivity contribution in [2.75, 3.05) is 6.61 Å². The van der Waals surface area contributed by atoms with Gasteiger partial charge < -0.3 is 9.15 Å². The third-order valence-corrected chi connectivity index (χ3v) is 4.73. The molecule has 1 aromatic heterocycles. The Bertz CT molecular complexity index is 779. The molecule has 148 valence electrons. The van der Waals surface area contributed by atoms with Gasteiger partial charge in [-0.1, -0.05) is 70.4 Å². The molecule has 2 aromatic rings. The monoisotopic (exact) mass is 374 g/mol. The molecule has 0 unspecified atom stereocenters. The minimum Gasteiger partial charge on any atom is -0.490 e. The standard InChI is InChI=1S/C23H31FO3/c1-3-5-6-7-8-9-10-11-12-16-26-20-15-14-18-17-19(13-4-2)27-23(25)21(18)22(20)24/h4,14-15,17H,2-3,5-13,16H2,1H3. The summed E-state index contributed by atoms with van der Waals surface area (Å²) in [7, 11) is 0. The zero-order valence-electron chi connectivity index (χ0n) is 16.4. The summed E-state index contributed by atoms with van der Waals surface area (Å²) in [6.45, 7) is 6.30. The summed E-state index contributed by atoms with van der Waals surface area (Å²) in [5.41, 5.74) is -0.671. The second-order valence-corrected chi connectivity index (χ2v) is 7.01. The van der Waals surface area contributed by atoms with Crippen molar-refractivity contribution in [3.8, 4) is 5.75 Å². The first-order valence-corrected chi connectivity index (χ1v) is 10.2. The molecule has 0 fully saturated rings. The van der Waals surface area contributed by atoms with Crippen LogP contribution in [0.5, 0.6) is 5.75 Å². The molecular formula is C23H31FO3. The molecule has 0 radical (unpaired) electrons. The lowest BCUT2D eigenvalue weighted by Gasteiger charge is -2.09. The van der Waals surface area contributed by atoms with Crippen LogP contribution in [-0.2, 0) is 6.42 Å². The van der Waals surface area contributed by atoms with Crippen molar-refractivity contribution in [2.45, 2.75) is 71.1 Å². The van der Waals surface area contributed by atoms with E-state index in [0.717, 1.165) is 12.8 Å². The van der Waals surface area contributed by atoms with Crippen LogP contribution in [0.25, 0.3) is 10.8 Å². The van der Waals surface area contributed by atoms with E-state index in [2.05, 4.69) is 13.5 Å². The molecule has 0 saturated heterocycles. The summed E-state index contributed by atoms with van der Waals surface area (Å²) in [6.07, 6.45) is 13.0. The van der Waals surface area contributed by atoms with Crippen LogP contribution in [0.4, 0.5) is 4.39 Å². The van der Waals surface area contributed by atoms with Gasteiger partial charge in [0.2, 0.25) is 0 Å². The summed E-state index contributed by atoms with van der Waals surface area (Å²) in [6, 6.07) is 4.96. The zero-order chi connectivity index (χ0) is 19.5. The van der Waals surface area contributed by atoms with E-state index in [-0.39, 0.29) is 11.1 Å². The van der Waals surface area contributed by atoms with Crippen molar-refractivity contribution < 1.29 is 13.5 Å². The van der Waals surface area contributed by atoms with Crippen LogP contribution in [0.15, 0.2) is 40.1 Å². The first-order chi connectivity index (χ1) is 13.2. The number of unbranched alkanes of at least 4 members (excludes halogenated alkanes) is 8. The highest BCUT2D eigenvalue weighted by Gasteiger charge is 2.14. The van der Waals surface area contributed by atoms with Crippen molar-refractivity contribution in [3.05, 3.63) is 52.9 Å². The molecule has 0 aliphatic carbocycles. The first kappa shape index (κ1) is 21.2. The number of halogens is 1. The van der Waals surface area contributed by atoms with E-state index in [1.165, 1.54) is 44.9 Å². The van der Waals surface area contributed by atoms with Gasteiger partial charge in [0, 0.05) is 6.42 Å². The average Bonchev–Trinajstić information content (AvgIpc) is 2.65. The van der Waals surface area contributed by atoms with Gasteiger partial charge >= 0.3 is 5.63 Å². The van der Waals surface area contributed by atoms with Crippen molar-refractivity contribution in [3.63, 3.8) is 0 Å². The van der Waals surface area contributed by atoms with Crippen molar-refractivity contribution in [1.29, 1.82) is 0 Å². The van der Waals surface area contributed by atoms with Crippen LogP contribution in [0, 0.1) is 5.82 Å². The van der Waals surface area contributed by atoms with Crippen LogP contribution >= 0.6 is 0 Å². The smallest absolute Gasteiger partial charge is 0.346 e. The molecular weight excluding hydrogens is 343 g/mol. The van der Waals surface area contributed by atoms with E-state index >= 15 is 0 Å². The molecule has 0 saturated carbocycles. The molecule has 0 spiro atoms. The largest absolute Gasteiger partial charge is 0.490 e. The third-order valence-electron chi connectivity index (χ3n) is 4.73. The van der Waals surface area contributed by atoms with E-state index in [4.69, 9.17) is 9.15 Å². The van der Waals surface area contributed by atoms with Crippen LogP contribution in [0.2, 0.25) is 0 Å². The minimum absolute atomic E-state index is 0.0487. The molecule has 3 nitrogen and oxygen atoms in total. The molecule has 4 heteroatoms. The van der Waals surface area contributed by atoms with E-state index in [9.17, 15) is 9.18 Å². The van der Waals surface area contributed by atoms with E-state index in [1.54, 1.807) is 24.3 Å². The Morgan fingerprint density at radius 2 is 1.74 bits per heavy atom. The lowest BCUT2D eigenvalue weighted by Crippen LogP contribution is -2.06. The summed E-state index contributed by atoms with van der Waals surface area (Å²) in [5.74, 6) is -0.0431. The highest BCUT2D eigenvalue weighted by atomic mass is 19.1. The maximum Gasteiger partial charge on any atom is 0.346 e.